The predicted octanol–water partition coefficient (Wildman–Crippen LogP) is 1.66. The number of aromatic nitrogens is 1. The fraction of sp³-hybridized carbons (Fsp3) is 0.533. The number of rotatable bonds is 5. The van der Waals surface area contributed by atoms with Gasteiger partial charge in [-0.1, -0.05) is 0 Å². The minimum Gasteiger partial charge on any atom is -0.343 e. The standard InChI is InChI=1S/C15H21N3O2/c1-5-18(6-2)14(19)8-7-12-10(3)13(9-16)15(20)17-11(12)4/h5-8H2,1-4H3,(H,17,20). The number of H-pyrrole nitrogens is 1. The summed E-state index contributed by atoms with van der Waals surface area (Å²) in [6.45, 7) is 8.85. The van der Waals surface area contributed by atoms with Gasteiger partial charge in [-0.25, -0.2) is 0 Å². The van der Waals surface area contributed by atoms with Gasteiger partial charge in [-0.2, -0.15) is 5.26 Å². The van der Waals surface area contributed by atoms with Gasteiger partial charge in [-0.05, 0) is 45.2 Å². The van der Waals surface area contributed by atoms with E-state index in [0.717, 1.165) is 11.3 Å². The van der Waals surface area contributed by atoms with Crippen LogP contribution in [-0.4, -0.2) is 28.9 Å². The third-order valence-corrected chi connectivity index (χ3v) is 3.63. The molecule has 0 aliphatic carbocycles. The topological polar surface area (TPSA) is 77.0 Å². The zero-order valence-corrected chi connectivity index (χ0v) is 12.5. The molecule has 1 aromatic heterocycles. The van der Waals surface area contributed by atoms with Crippen molar-refractivity contribution >= 4 is 5.91 Å². The van der Waals surface area contributed by atoms with Gasteiger partial charge >= 0.3 is 0 Å². The Hall–Kier alpha value is -2.09. The summed E-state index contributed by atoms with van der Waals surface area (Å²) in [5.41, 5.74) is 2.09. The molecule has 1 N–H and O–H groups in total. The van der Waals surface area contributed by atoms with Crippen LogP contribution in [0.3, 0.4) is 0 Å². The number of pyridine rings is 1. The van der Waals surface area contributed by atoms with Gasteiger partial charge in [0, 0.05) is 25.2 Å². The van der Waals surface area contributed by atoms with Crippen LogP contribution in [0.1, 0.15) is 42.7 Å². The lowest BCUT2D eigenvalue weighted by molar-refractivity contribution is -0.130. The molecule has 20 heavy (non-hydrogen) atoms. The fourth-order valence-corrected chi connectivity index (χ4v) is 2.39. The summed E-state index contributed by atoms with van der Waals surface area (Å²) in [7, 11) is 0. The Morgan fingerprint density at radius 1 is 1.30 bits per heavy atom. The molecule has 0 radical (unpaired) electrons. The van der Waals surface area contributed by atoms with Crippen LogP contribution in [0.4, 0.5) is 0 Å². The van der Waals surface area contributed by atoms with Crippen LogP contribution in [0.25, 0.3) is 0 Å². The second-order valence-electron chi connectivity index (χ2n) is 4.74. The van der Waals surface area contributed by atoms with Crippen molar-refractivity contribution in [3.05, 3.63) is 32.7 Å². The van der Waals surface area contributed by atoms with Crippen LogP contribution in [0, 0.1) is 25.2 Å². The Morgan fingerprint density at radius 2 is 1.90 bits per heavy atom. The van der Waals surface area contributed by atoms with Gasteiger partial charge in [0.1, 0.15) is 11.6 Å². The first kappa shape index (κ1) is 16.0. The first-order valence-corrected chi connectivity index (χ1v) is 6.86. The minimum absolute atomic E-state index is 0.0958. The Labute approximate surface area is 119 Å². The SMILES string of the molecule is CCN(CC)C(=O)CCc1c(C)[nH]c(=O)c(C#N)c1C. The maximum atomic E-state index is 12.0. The fourth-order valence-electron chi connectivity index (χ4n) is 2.39. The van der Waals surface area contributed by atoms with Crippen LogP contribution in [0.15, 0.2) is 4.79 Å². The lowest BCUT2D eigenvalue weighted by Crippen LogP contribution is -2.30. The summed E-state index contributed by atoms with van der Waals surface area (Å²) >= 11 is 0. The van der Waals surface area contributed by atoms with E-state index in [4.69, 9.17) is 5.26 Å². The highest BCUT2D eigenvalue weighted by atomic mass is 16.2. The maximum absolute atomic E-state index is 12.0. The smallest absolute Gasteiger partial charge is 0.266 e. The number of nitrogens with zero attached hydrogens (tertiary/aromatic N) is 2. The Kier molecular flexibility index (Phi) is 5.51. The quantitative estimate of drug-likeness (QED) is 0.887. The van der Waals surface area contributed by atoms with Crippen molar-refractivity contribution < 1.29 is 4.79 Å². The molecule has 0 saturated heterocycles. The highest BCUT2D eigenvalue weighted by molar-refractivity contribution is 5.76. The molecule has 5 heteroatoms. The lowest BCUT2D eigenvalue weighted by Gasteiger charge is -2.19. The molecule has 108 valence electrons. The van der Waals surface area contributed by atoms with Crippen molar-refractivity contribution in [2.45, 2.75) is 40.5 Å². The average molecular weight is 275 g/mol. The van der Waals surface area contributed by atoms with Gasteiger partial charge in [0.2, 0.25) is 5.91 Å². The molecule has 0 bridgehead atoms. The molecule has 1 amide bonds. The first-order chi connectivity index (χ1) is 9.46. The number of carbonyl (C=O) groups is 1. The molecular formula is C15H21N3O2. The van der Waals surface area contributed by atoms with Crippen LogP contribution in [0.5, 0.6) is 0 Å². The first-order valence-electron chi connectivity index (χ1n) is 6.86. The maximum Gasteiger partial charge on any atom is 0.266 e. The third kappa shape index (κ3) is 3.27. The van der Waals surface area contributed by atoms with E-state index in [1.165, 1.54) is 0 Å². The summed E-state index contributed by atoms with van der Waals surface area (Å²) < 4.78 is 0. The van der Waals surface area contributed by atoms with E-state index in [2.05, 4.69) is 4.98 Å². The number of aryl methyl sites for hydroxylation is 1. The Bertz CT molecular complexity index is 592. The highest BCUT2D eigenvalue weighted by Crippen LogP contribution is 2.15. The van der Waals surface area contributed by atoms with Crippen molar-refractivity contribution in [1.82, 2.24) is 9.88 Å². The molecule has 1 rings (SSSR count). The van der Waals surface area contributed by atoms with Gasteiger partial charge in [0.15, 0.2) is 0 Å². The Balaban J connectivity index is 2.97. The van der Waals surface area contributed by atoms with E-state index in [-0.39, 0.29) is 17.0 Å². The molecule has 1 heterocycles. The van der Waals surface area contributed by atoms with E-state index >= 15 is 0 Å². The molecule has 1 aromatic rings. The van der Waals surface area contributed by atoms with Crippen LogP contribution in [0.2, 0.25) is 0 Å². The summed E-state index contributed by atoms with van der Waals surface area (Å²) in [5, 5.41) is 9.01. The summed E-state index contributed by atoms with van der Waals surface area (Å²) in [4.78, 5) is 28.1. The molecule has 0 aliphatic rings. The zero-order chi connectivity index (χ0) is 15.3. The number of aromatic amines is 1. The minimum atomic E-state index is -0.360. The number of nitriles is 1. The average Bonchev–Trinajstić information content (AvgIpc) is 2.39. The summed E-state index contributed by atoms with van der Waals surface area (Å²) in [5.74, 6) is 0.0958. The van der Waals surface area contributed by atoms with E-state index in [1.54, 1.807) is 18.7 Å². The monoisotopic (exact) mass is 275 g/mol. The Morgan fingerprint density at radius 3 is 2.40 bits per heavy atom. The number of hydrogen-bond donors (Lipinski definition) is 1. The van der Waals surface area contributed by atoms with Gasteiger partial charge < -0.3 is 9.88 Å². The van der Waals surface area contributed by atoms with Gasteiger partial charge in [-0.3, -0.25) is 9.59 Å². The molecule has 0 atom stereocenters. The second kappa shape index (κ2) is 6.90. The van der Waals surface area contributed by atoms with Gasteiger partial charge in [-0.15, -0.1) is 0 Å². The second-order valence-corrected chi connectivity index (χ2v) is 4.74. The molecule has 5 nitrogen and oxygen atoms in total. The van der Waals surface area contributed by atoms with Crippen LogP contribution >= 0.6 is 0 Å². The molecule has 0 aliphatic heterocycles. The number of carbonyl (C=O) groups excluding carboxylic acids is 1. The van der Waals surface area contributed by atoms with Gasteiger partial charge in [0.25, 0.3) is 5.56 Å². The van der Waals surface area contributed by atoms with E-state index in [9.17, 15) is 9.59 Å². The number of hydrogen-bond acceptors (Lipinski definition) is 3. The van der Waals surface area contributed by atoms with Gasteiger partial charge in [0.05, 0.1) is 0 Å². The molecule has 0 fully saturated rings. The third-order valence-electron chi connectivity index (χ3n) is 3.63. The van der Waals surface area contributed by atoms with Crippen LogP contribution in [-0.2, 0) is 11.2 Å². The molecule has 0 aromatic carbocycles. The van der Waals surface area contributed by atoms with Crippen molar-refractivity contribution in [2.75, 3.05) is 13.1 Å². The molecular weight excluding hydrogens is 254 g/mol. The van der Waals surface area contributed by atoms with Crippen molar-refractivity contribution in [3.63, 3.8) is 0 Å². The zero-order valence-electron chi connectivity index (χ0n) is 12.5. The largest absolute Gasteiger partial charge is 0.343 e. The number of nitrogens with one attached hydrogen (secondary N) is 1. The van der Waals surface area contributed by atoms with E-state index in [0.29, 0.717) is 31.5 Å². The van der Waals surface area contributed by atoms with Crippen molar-refractivity contribution in [3.8, 4) is 6.07 Å². The number of amides is 1. The van der Waals surface area contributed by atoms with Crippen LogP contribution < -0.4 is 5.56 Å². The van der Waals surface area contributed by atoms with Crippen molar-refractivity contribution in [2.24, 2.45) is 0 Å². The van der Waals surface area contributed by atoms with E-state index < -0.39 is 0 Å². The van der Waals surface area contributed by atoms with Crippen molar-refractivity contribution in [1.29, 1.82) is 5.26 Å². The lowest BCUT2D eigenvalue weighted by atomic mass is 9.99. The summed E-state index contributed by atoms with van der Waals surface area (Å²) in [6.07, 6.45) is 0.929. The summed E-state index contributed by atoms with van der Waals surface area (Å²) in [6, 6.07) is 1.92. The predicted molar refractivity (Wildman–Crippen MR) is 77.5 cm³/mol. The molecule has 0 unspecified atom stereocenters. The highest BCUT2D eigenvalue weighted by Gasteiger charge is 2.15. The molecule has 0 saturated carbocycles. The normalized spacial score (nSPS) is 10.2. The molecule has 0 spiro atoms. The van der Waals surface area contributed by atoms with E-state index in [1.807, 2.05) is 19.9 Å².